The van der Waals surface area contributed by atoms with Gasteiger partial charge < -0.3 is 19.5 Å². The fourth-order valence-electron chi connectivity index (χ4n) is 3.62. The zero-order chi connectivity index (χ0) is 18.8. The maximum Gasteiger partial charge on any atom is 0.222 e. The number of rotatable bonds is 5. The molecular formula is C20H22N4O3. The molecule has 2 heterocycles. The van der Waals surface area contributed by atoms with Crippen LogP contribution in [0.2, 0.25) is 0 Å². The minimum atomic E-state index is -0.0760. The van der Waals surface area contributed by atoms with Crippen molar-refractivity contribution < 1.29 is 14.2 Å². The molecule has 0 amide bonds. The van der Waals surface area contributed by atoms with Crippen LogP contribution in [0.5, 0.6) is 17.2 Å². The van der Waals surface area contributed by atoms with Gasteiger partial charge in [-0.25, -0.2) is 4.68 Å². The molecule has 2 aromatic carbocycles. The molecule has 0 bridgehead atoms. The van der Waals surface area contributed by atoms with Gasteiger partial charge in [-0.15, -0.1) is 0 Å². The van der Waals surface area contributed by atoms with Gasteiger partial charge in [0.1, 0.15) is 12.1 Å². The van der Waals surface area contributed by atoms with Crippen LogP contribution in [0.4, 0.5) is 5.95 Å². The van der Waals surface area contributed by atoms with Crippen LogP contribution in [-0.2, 0) is 0 Å². The highest BCUT2D eigenvalue weighted by molar-refractivity contribution is 5.54. The highest BCUT2D eigenvalue weighted by Gasteiger charge is 2.33. The molecule has 0 spiro atoms. The Bertz CT molecular complexity index is 926. The number of ether oxygens (including phenoxy) is 3. The van der Waals surface area contributed by atoms with Crippen LogP contribution >= 0.6 is 0 Å². The van der Waals surface area contributed by atoms with E-state index in [-0.39, 0.29) is 12.1 Å². The van der Waals surface area contributed by atoms with Gasteiger partial charge in [-0.05, 0) is 18.1 Å². The number of hydrogen-bond acceptors (Lipinski definition) is 6. The molecule has 1 aliphatic heterocycles. The Morgan fingerprint density at radius 1 is 1.04 bits per heavy atom. The van der Waals surface area contributed by atoms with Crippen LogP contribution in [0.15, 0.2) is 48.8 Å². The third-order valence-electron chi connectivity index (χ3n) is 4.91. The predicted molar refractivity (Wildman–Crippen MR) is 102 cm³/mol. The first-order valence-electron chi connectivity index (χ1n) is 8.76. The van der Waals surface area contributed by atoms with Gasteiger partial charge in [0.2, 0.25) is 5.95 Å². The zero-order valence-electron chi connectivity index (χ0n) is 15.5. The van der Waals surface area contributed by atoms with E-state index in [0.29, 0.717) is 17.2 Å². The van der Waals surface area contributed by atoms with Crippen molar-refractivity contribution in [2.75, 3.05) is 26.6 Å². The predicted octanol–water partition coefficient (Wildman–Crippen LogP) is 3.45. The Morgan fingerprint density at radius 2 is 1.85 bits per heavy atom. The summed E-state index contributed by atoms with van der Waals surface area (Å²) in [5, 5.41) is 7.91. The van der Waals surface area contributed by atoms with E-state index in [1.165, 1.54) is 5.56 Å². The Morgan fingerprint density at radius 3 is 2.56 bits per heavy atom. The maximum atomic E-state index is 5.69. The zero-order valence-corrected chi connectivity index (χ0v) is 15.5. The van der Waals surface area contributed by atoms with Gasteiger partial charge in [-0.2, -0.15) is 10.1 Å². The first-order valence-corrected chi connectivity index (χ1v) is 8.76. The molecule has 1 aromatic heterocycles. The number of methoxy groups -OCH3 is 3. The molecule has 27 heavy (non-hydrogen) atoms. The van der Waals surface area contributed by atoms with Crippen LogP contribution in [-0.4, -0.2) is 36.1 Å². The SMILES string of the molecule is COc1cc(OC)c(OC)c([C@H]2C[C@H](c3ccccc3)Nc3ncnn32)c1. The van der Waals surface area contributed by atoms with Crippen molar-refractivity contribution in [3.05, 3.63) is 59.9 Å². The lowest BCUT2D eigenvalue weighted by Crippen LogP contribution is -2.28. The Kier molecular flexibility index (Phi) is 4.58. The van der Waals surface area contributed by atoms with E-state index in [9.17, 15) is 0 Å². The Labute approximate surface area is 157 Å². The second-order valence-corrected chi connectivity index (χ2v) is 6.34. The normalized spacial score (nSPS) is 18.3. The van der Waals surface area contributed by atoms with Gasteiger partial charge in [0.25, 0.3) is 0 Å². The molecule has 140 valence electrons. The molecule has 1 aliphatic rings. The summed E-state index contributed by atoms with van der Waals surface area (Å²) in [5.41, 5.74) is 2.15. The smallest absolute Gasteiger partial charge is 0.222 e. The molecule has 7 heteroatoms. The van der Waals surface area contributed by atoms with Crippen LogP contribution in [0.1, 0.15) is 29.6 Å². The van der Waals surface area contributed by atoms with Crippen molar-refractivity contribution in [3.63, 3.8) is 0 Å². The van der Waals surface area contributed by atoms with E-state index in [2.05, 4.69) is 27.5 Å². The molecular weight excluding hydrogens is 344 g/mol. The summed E-state index contributed by atoms with van der Waals surface area (Å²) in [7, 11) is 4.91. The summed E-state index contributed by atoms with van der Waals surface area (Å²) >= 11 is 0. The van der Waals surface area contributed by atoms with Crippen molar-refractivity contribution in [1.29, 1.82) is 0 Å². The largest absolute Gasteiger partial charge is 0.497 e. The summed E-state index contributed by atoms with van der Waals surface area (Å²) in [5.74, 6) is 2.74. The lowest BCUT2D eigenvalue weighted by atomic mass is 9.92. The number of anilines is 1. The number of nitrogens with zero attached hydrogens (tertiary/aromatic N) is 3. The van der Waals surface area contributed by atoms with Gasteiger partial charge in [0, 0.05) is 11.6 Å². The maximum absolute atomic E-state index is 5.69. The van der Waals surface area contributed by atoms with Crippen LogP contribution in [0, 0.1) is 0 Å². The molecule has 2 atom stereocenters. The summed E-state index contributed by atoms with van der Waals surface area (Å²) in [6.45, 7) is 0. The van der Waals surface area contributed by atoms with Crippen LogP contribution < -0.4 is 19.5 Å². The average Bonchev–Trinajstić information content (AvgIpc) is 3.21. The van der Waals surface area contributed by atoms with E-state index in [4.69, 9.17) is 14.2 Å². The van der Waals surface area contributed by atoms with Crippen molar-refractivity contribution >= 4 is 5.95 Å². The standard InChI is InChI=1S/C20H22N4O3/c1-25-14-9-15(19(27-3)18(10-14)26-2)17-11-16(13-7-5-4-6-8-13)23-20-21-12-22-24(17)20/h4-10,12,16-17H,11H2,1-3H3,(H,21,22,23)/t16-,17-/m1/s1. The topological polar surface area (TPSA) is 70.4 Å². The second-order valence-electron chi connectivity index (χ2n) is 6.34. The summed E-state index contributed by atoms with van der Waals surface area (Å²) in [4.78, 5) is 4.39. The van der Waals surface area contributed by atoms with E-state index >= 15 is 0 Å². The van der Waals surface area contributed by atoms with Gasteiger partial charge in [-0.1, -0.05) is 30.3 Å². The molecule has 0 saturated heterocycles. The first kappa shape index (κ1) is 17.2. The number of fused-ring (bicyclic) bond motifs is 1. The Hall–Kier alpha value is -3.22. The third kappa shape index (κ3) is 3.05. The lowest BCUT2D eigenvalue weighted by Gasteiger charge is -2.32. The van der Waals surface area contributed by atoms with Gasteiger partial charge in [-0.3, -0.25) is 0 Å². The fourth-order valence-corrected chi connectivity index (χ4v) is 3.62. The van der Waals surface area contributed by atoms with Gasteiger partial charge in [0.05, 0.1) is 33.4 Å². The van der Waals surface area contributed by atoms with Crippen molar-refractivity contribution in [2.24, 2.45) is 0 Å². The van der Waals surface area contributed by atoms with E-state index in [0.717, 1.165) is 17.9 Å². The third-order valence-corrected chi connectivity index (χ3v) is 4.91. The number of nitrogens with one attached hydrogen (secondary N) is 1. The van der Waals surface area contributed by atoms with Gasteiger partial charge >= 0.3 is 0 Å². The number of aromatic nitrogens is 3. The fraction of sp³-hybridized carbons (Fsp3) is 0.300. The highest BCUT2D eigenvalue weighted by Crippen LogP contribution is 2.45. The summed E-state index contributed by atoms with van der Waals surface area (Å²) in [6.07, 6.45) is 2.35. The molecule has 0 fully saturated rings. The molecule has 1 N–H and O–H groups in total. The number of benzene rings is 2. The van der Waals surface area contributed by atoms with E-state index < -0.39 is 0 Å². The highest BCUT2D eigenvalue weighted by atomic mass is 16.5. The quantitative estimate of drug-likeness (QED) is 0.746. The monoisotopic (exact) mass is 366 g/mol. The van der Waals surface area contributed by atoms with Crippen LogP contribution in [0.3, 0.4) is 0 Å². The molecule has 4 rings (SSSR count). The minimum absolute atomic E-state index is 0.0760. The van der Waals surface area contributed by atoms with Crippen molar-refractivity contribution in [1.82, 2.24) is 14.8 Å². The van der Waals surface area contributed by atoms with Crippen LogP contribution in [0.25, 0.3) is 0 Å². The Balaban J connectivity index is 1.83. The molecule has 0 unspecified atom stereocenters. The minimum Gasteiger partial charge on any atom is -0.497 e. The molecule has 0 radical (unpaired) electrons. The number of hydrogen-bond donors (Lipinski definition) is 1. The van der Waals surface area contributed by atoms with E-state index in [1.54, 1.807) is 27.7 Å². The lowest BCUT2D eigenvalue weighted by molar-refractivity contribution is 0.334. The van der Waals surface area contributed by atoms with Crippen molar-refractivity contribution in [3.8, 4) is 17.2 Å². The summed E-state index contributed by atoms with van der Waals surface area (Å²) in [6, 6.07) is 14.2. The molecule has 7 nitrogen and oxygen atoms in total. The molecule has 0 aliphatic carbocycles. The molecule has 0 saturated carbocycles. The first-order chi connectivity index (χ1) is 13.2. The second kappa shape index (κ2) is 7.19. The van der Waals surface area contributed by atoms with Gasteiger partial charge in [0.15, 0.2) is 11.5 Å². The average molecular weight is 366 g/mol. The van der Waals surface area contributed by atoms with E-state index in [1.807, 2.05) is 35.0 Å². The molecule has 3 aromatic rings. The van der Waals surface area contributed by atoms with Crippen molar-refractivity contribution in [2.45, 2.75) is 18.5 Å². The summed E-state index contributed by atoms with van der Waals surface area (Å²) < 4.78 is 18.6.